The molecule has 1 N–H and O–H groups in total. The fraction of sp³-hybridized carbons (Fsp3) is 0.348. The topological polar surface area (TPSA) is 79.0 Å². The molecule has 2 aliphatic heterocycles. The Labute approximate surface area is 175 Å². The van der Waals surface area contributed by atoms with Crippen molar-refractivity contribution in [1.29, 1.82) is 0 Å². The van der Waals surface area contributed by atoms with Crippen molar-refractivity contribution in [2.45, 2.75) is 32.2 Å². The van der Waals surface area contributed by atoms with Gasteiger partial charge in [0.2, 0.25) is 11.8 Å². The van der Waals surface area contributed by atoms with Crippen molar-refractivity contribution < 1.29 is 19.1 Å². The maximum Gasteiger partial charge on any atom is 0.337 e. The summed E-state index contributed by atoms with van der Waals surface area (Å²) < 4.78 is 4.82. The van der Waals surface area contributed by atoms with Gasteiger partial charge in [-0.1, -0.05) is 19.1 Å². The average Bonchev–Trinajstić information content (AvgIpc) is 3.26. The molecule has 0 bridgehead atoms. The first-order valence-corrected chi connectivity index (χ1v) is 10.2. The highest BCUT2D eigenvalue weighted by Gasteiger charge is 2.41. The van der Waals surface area contributed by atoms with E-state index in [4.69, 9.17) is 4.74 Å². The van der Waals surface area contributed by atoms with E-state index in [-0.39, 0.29) is 24.4 Å². The lowest BCUT2D eigenvalue weighted by molar-refractivity contribution is -0.122. The maximum atomic E-state index is 13.2. The second kappa shape index (κ2) is 8.18. The zero-order valence-corrected chi connectivity index (χ0v) is 17.2. The van der Waals surface area contributed by atoms with E-state index < -0.39 is 5.97 Å². The number of hydrogen-bond donors (Lipinski definition) is 1. The third kappa shape index (κ3) is 3.63. The molecule has 2 amide bonds. The van der Waals surface area contributed by atoms with E-state index in [0.717, 1.165) is 37.1 Å². The smallest absolute Gasteiger partial charge is 0.337 e. The minimum Gasteiger partial charge on any atom is -0.465 e. The summed E-state index contributed by atoms with van der Waals surface area (Å²) in [4.78, 5) is 41.6. The molecule has 2 aromatic rings. The Kier molecular flexibility index (Phi) is 5.44. The largest absolute Gasteiger partial charge is 0.465 e. The molecule has 30 heavy (non-hydrogen) atoms. The number of aryl methyl sites for hydroxylation is 1. The molecular weight excluding hydrogens is 382 g/mol. The van der Waals surface area contributed by atoms with E-state index >= 15 is 0 Å². The standard InChI is InChI=1S/C23H25N3O4/c1-3-15-6-4-7-17(12-15)24-21(27)14-26-20-13-16(23(29)30-2)9-10-18(20)25-11-5-8-19(25)22(26)28/h4,6-7,9-10,12-13,19H,3,5,8,11,14H2,1-2H3,(H,24,27)/t19-/m0/s1. The van der Waals surface area contributed by atoms with E-state index in [2.05, 4.69) is 17.1 Å². The maximum absolute atomic E-state index is 13.2. The summed E-state index contributed by atoms with van der Waals surface area (Å²) in [6.45, 7) is 2.72. The number of methoxy groups -OCH3 is 1. The van der Waals surface area contributed by atoms with Crippen LogP contribution in [0.4, 0.5) is 17.1 Å². The van der Waals surface area contributed by atoms with Gasteiger partial charge in [-0.05, 0) is 55.2 Å². The van der Waals surface area contributed by atoms with Gasteiger partial charge in [0.25, 0.3) is 0 Å². The Morgan fingerprint density at radius 1 is 1.17 bits per heavy atom. The predicted octanol–water partition coefficient (Wildman–Crippen LogP) is 2.99. The van der Waals surface area contributed by atoms with Crippen molar-refractivity contribution in [2.24, 2.45) is 0 Å². The minimum absolute atomic E-state index is 0.112. The van der Waals surface area contributed by atoms with Crippen LogP contribution in [0.25, 0.3) is 0 Å². The van der Waals surface area contributed by atoms with Crippen molar-refractivity contribution in [3.05, 3.63) is 53.6 Å². The van der Waals surface area contributed by atoms with Crippen molar-refractivity contribution >= 4 is 34.8 Å². The van der Waals surface area contributed by atoms with Crippen LogP contribution in [0, 0.1) is 0 Å². The molecule has 0 spiro atoms. The van der Waals surface area contributed by atoms with Gasteiger partial charge in [0, 0.05) is 12.2 Å². The highest BCUT2D eigenvalue weighted by Crippen LogP contribution is 2.40. The Morgan fingerprint density at radius 2 is 2.00 bits per heavy atom. The van der Waals surface area contributed by atoms with Crippen molar-refractivity contribution in [1.82, 2.24) is 0 Å². The number of fused-ring (bicyclic) bond motifs is 3. The SMILES string of the molecule is CCc1cccc(NC(=O)CN2C(=O)[C@@H]3CCCN3c3ccc(C(=O)OC)cc32)c1. The lowest BCUT2D eigenvalue weighted by atomic mass is 10.0. The van der Waals surface area contributed by atoms with Crippen LogP contribution in [0.2, 0.25) is 0 Å². The number of benzene rings is 2. The third-order valence-corrected chi connectivity index (χ3v) is 5.72. The highest BCUT2D eigenvalue weighted by molar-refractivity contribution is 6.11. The molecule has 4 rings (SSSR count). The number of nitrogens with zero attached hydrogens (tertiary/aromatic N) is 2. The number of anilines is 3. The van der Waals surface area contributed by atoms with Crippen LogP contribution in [-0.4, -0.2) is 44.0 Å². The fourth-order valence-electron chi connectivity index (χ4n) is 4.21. The second-order valence-electron chi connectivity index (χ2n) is 7.57. The number of amides is 2. The molecule has 0 saturated carbocycles. The molecule has 2 heterocycles. The molecular formula is C23H25N3O4. The van der Waals surface area contributed by atoms with Crippen LogP contribution < -0.4 is 15.1 Å². The van der Waals surface area contributed by atoms with Crippen LogP contribution in [0.15, 0.2) is 42.5 Å². The minimum atomic E-state index is -0.477. The molecule has 156 valence electrons. The first-order valence-electron chi connectivity index (χ1n) is 10.2. The molecule has 0 radical (unpaired) electrons. The average molecular weight is 407 g/mol. The summed E-state index contributed by atoms with van der Waals surface area (Å²) in [5.41, 5.74) is 3.61. The zero-order chi connectivity index (χ0) is 21.3. The first-order chi connectivity index (χ1) is 14.5. The quantitative estimate of drug-likeness (QED) is 0.771. The van der Waals surface area contributed by atoms with Crippen LogP contribution >= 0.6 is 0 Å². The zero-order valence-electron chi connectivity index (χ0n) is 17.2. The van der Waals surface area contributed by atoms with Gasteiger partial charge >= 0.3 is 5.97 Å². The van der Waals surface area contributed by atoms with E-state index in [9.17, 15) is 14.4 Å². The van der Waals surface area contributed by atoms with Gasteiger partial charge in [-0.2, -0.15) is 0 Å². The summed E-state index contributed by atoms with van der Waals surface area (Å²) in [7, 11) is 1.32. The number of ether oxygens (including phenoxy) is 1. The number of carbonyl (C=O) groups excluding carboxylic acids is 3. The van der Waals surface area contributed by atoms with E-state index in [1.807, 2.05) is 30.3 Å². The molecule has 2 aliphatic rings. The third-order valence-electron chi connectivity index (χ3n) is 5.72. The molecule has 1 saturated heterocycles. The number of esters is 1. The number of rotatable bonds is 5. The van der Waals surface area contributed by atoms with Crippen molar-refractivity contribution in [2.75, 3.05) is 35.3 Å². The van der Waals surface area contributed by atoms with Gasteiger partial charge in [0.05, 0.1) is 24.0 Å². The van der Waals surface area contributed by atoms with Crippen LogP contribution in [0.5, 0.6) is 0 Å². The molecule has 0 aromatic heterocycles. The summed E-state index contributed by atoms with van der Waals surface area (Å²) >= 11 is 0. The van der Waals surface area contributed by atoms with Gasteiger partial charge in [0.1, 0.15) is 12.6 Å². The van der Waals surface area contributed by atoms with Gasteiger partial charge < -0.3 is 15.0 Å². The fourth-order valence-corrected chi connectivity index (χ4v) is 4.21. The highest BCUT2D eigenvalue weighted by atomic mass is 16.5. The van der Waals surface area contributed by atoms with Gasteiger partial charge in [-0.3, -0.25) is 14.5 Å². The van der Waals surface area contributed by atoms with Gasteiger partial charge in [0.15, 0.2) is 0 Å². The molecule has 7 nitrogen and oxygen atoms in total. The van der Waals surface area contributed by atoms with Gasteiger partial charge in [-0.25, -0.2) is 4.79 Å². The van der Waals surface area contributed by atoms with Crippen LogP contribution in [0.3, 0.4) is 0 Å². The first kappa shape index (κ1) is 19.9. The molecule has 2 aromatic carbocycles. The number of hydrogen-bond acceptors (Lipinski definition) is 5. The predicted molar refractivity (Wildman–Crippen MR) is 115 cm³/mol. The number of nitrogens with one attached hydrogen (secondary N) is 1. The summed E-state index contributed by atoms with van der Waals surface area (Å²) in [6, 6.07) is 12.6. The number of carbonyl (C=O) groups is 3. The van der Waals surface area contributed by atoms with E-state index in [1.165, 1.54) is 12.0 Å². The Morgan fingerprint density at radius 3 is 2.77 bits per heavy atom. The lowest BCUT2D eigenvalue weighted by Gasteiger charge is -2.39. The second-order valence-corrected chi connectivity index (χ2v) is 7.57. The van der Waals surface area contributed by atoms with Crippen LogP contribution in [0.1, 0.15) is 35.7 Å². The molecule has 0 unspecified atom stereocenters. The van der Waals surface area contributed by atoms with E-state index in [0.29, 0.717) is 16.9 Å². The normalized spacial score (nSPS) is 17.4. The molecule has 7 heteroatoms. The van der Waals surface area contributed by atoms with E-state index in [1.54, 1.807) is 12.1 Å². The Balaban J connectivity index is 1.63. The summed E-state index contributed by atoms with van der Waals surface area (Å²) in [5.74, 6) is -0.869. The lowest BCUT2D eigenvalue weighted by Crippen LogP contribution is -2.52. The van der Waals surface area contributed by atoms with Crippen LogP contribution in [-0.2, 0) is 20.7 Å². The molecule has 1 atom stereocenters. The molecule has 1 fully saturated rings. The summed E-state index contributed by atoms with van der Waals surface area (Å²) in [6.07, 6.45) is 2.54. The van der Waals surface area contributed by atoms with Gasteiger partial charge in [-0.15, -0.1) is 0 Å². The van der Waals surface area contributed by atoms with Crippen molar-refractivity contribution in [3.63, 3.8) is 0 Å². The summed E-state index contributed by atoms with van der Waals surface area (Å²) in [5, 5.41) is 2.89. The molecule has 0 aliphatic carbocycles. The van der Waals surface area contributed by atoms with Crippen molar-refractivity contribution in [3.8, 4) is 0 Å². The Hall–Kier alpha value is -3.35. The monoisotopic (exact) mass is 407 g/mol. The Bertz CT molecular complexity index is 1000.